The number of aromatic hydroxyl groups is 1. The molecular weight excluding hydrogens is 264 g/mol. The summed E-state index contributed by atoms with van der Waals surface area (Å²) in [5, 5.41) is 15.1. The van der Waals surface area contributed by atoms with Crippen molar-refractivity contribution in [1.82, 2.24) is 0 Å². The van der Waals surface area contributed by atoms with E-state index in [-0.39, 0.29) is 5.75 Å². The van der Waals surface area contributed by atoms with Gasteiger partial charge in [0.05, 0.1) is 5.69 Å². The van der Waals surface area contributed by atoms with Crippen molar-refractivity contribution in [3.8, 4) is 5.75 Å². The minimum atomic E-state index is 0.173. The maximum absolute atomic E-state index is 11.3. The highest BCUT2D eigenvalue weighted by atomic mass is 16.3. The molecule has 0 aromatic heterocycles. The van der Waals surface area contributed by atoms with Crippen LogP contribution in [0.4, 0.5) is 11.4 Å². The first-order valence-corrected chi connectivity index (χ1v) is 7.12. The van der Waals surface area contributed by atoms with Crippen molar-refractivity contribution < 1.29 is 5.11 Å². The molecule has 2 rings (SSSR count). The third-order valence-corrected chi connectivity index (χ3v) is 3.72. The van der Waals surface area contributed by atoms with Crippen LogP contribution < -0.4 is 4.90 Å². The van der Waals surface area contributed by atoms with Crippen molar-refractivity contribution in [1.29, 1.82) is 0 Å². The van der Waals surface area contributed by atoms with Gasteiger partial charge >= 0.3 is 0 Å². The van der Waals surface area contributed by atoms with Gasteiger partial charge in [-0.05, 0) is 24.7 Å². The lowest BCUT2D eigenvalue weighted by atomic mass is 10.0. The van der Waals surface area contributed by atoms with Crippen molar-refractivity contribution in [2.75, 3.05) is 11.4 Å². The van der Waals surface area contributed by atoms with Crippen molar-refractivity contribution in [2.24, 2.45) is 5.18 Å². The molecule has 4 nitrogen and oxygen atoms in total. The number of rotatable bonds is 6. The Bertz CT molecular complexity index is 680. The number of phenols is 1. The second kappa shape index (κ2) is 6.39. The van der Waals surface area contributed by atoms with Gasteiger partial charge in [-0.2, -0.15) is 0 Å². The summed E-state index contributed by atoms with van der Waals surface area (Å²) in [7, 11) is 0. The van der Waals surface area contributed by atoms with Crippen LogP contribution in [-0.2, 0) is 0 Å². The van der Waals surface area contributed by atoms with Crippen molar-refractivity contribution in [3.05, 3.63) is 47.5 Å². The van der Waals surface area contributed by atoms with Crippen LogP contribution in [0, 0.1) is 11.8 Å². The molecule has 4 heteroatoms. The molecule has 110 valence electrons. The standard InChI is InChI=1S/C17H20N2O2/c1-4-6-11-19(5-2)16-12(3)15(18-21)13-9-7-8-10-14(13)17(16)20/h5,7-10,20H,2,4,6,11H2,1,3H3. The Balaban J connectivity index is 2.73. The highest BCUT2D eigenvalue weighted by Crippen LogP contribution is 2.45. The molecule has 0 aliphatic carbocycles. The lowest BCUT2D eigenvalue weighted by Crippen LogP contribution is -2.18. The normalized spacial score (nSPS) is 10.6. The average Bonchev–Trinajstić information content (AvgIpc) is 2.51. The van der Waals surface area contributed by atoms with Gasteiger partial charge < -0.3 is 10.0 Å². The number of fused-ring (bicyclic) bond motifs is 1. The van der Waals surface area contributed by atoms with Gasteiger partial charge in [-0.15, -0.1) is 4.91 Å². The predicted molar refractivity (Wildman–Crippen MR) is 88.3 cm³/mol. The van der Waals surface area contributed by atoms with Crippen LogP contribution in [0.15, 0.2) is 42.2 Å². The second-order valence-electron chi connectivity index (χ2n) is 5.04. The lowest BCUT2D eigenvalue weighted by Gasteiger charge is -2.24. The Morgan fingerprint density at radius 1 is 1.33 bits per heavy atom. The van der Waals surface area contributed by atoms with E-state index in [4.69, 9.17) is 0 Å². The molecule has 0 fully saturated rings. The maximum Gasteiger partial charge on any atom is 0.147 e. The Labute approximate surface area is 124 Å². The summed E-state index contributed by atoms with van der Waals surface area (Å²) in [4.78, 5) is 13.1. The SMILES string of the molecule is C=CN(CCCC)c1c(C)c(N=O)c2ccccc2c1O. The molecule has 2 aromatic rings. The van der Waals surface area contributed by atoms with Gasteiger partial charge in [-0.25, -0.2) is 0 Å². The maximum atomic E-state index is 11.3. The highest BCUT2D eigenvalue weighted by molar-refractivity contribution is 6.03. The zero-order chi connectivity index (χ0) is 15.4. The minimum Gasteiger partial charge on any atom is -0.505 e. The first kappa shape index (κ1) is 15.0. The Hall–Kier alpha value is -2.36. The molecule has 0 bridgehead atoms. The number of nitrogens with zero attached hydrogens (tertiary/aromatic N) is 2. The van der Waals surface area contributed by atoms with Gasteiger partial charge in [-0.3, -0.25) is 0 Å². The number of benzene rings is 2. The fourth-order valence-corrected chi connectivity index (χ4v) is 2.61. The number of hydrogen-bond acceptors (Lipinski definition) is 4. The number of anilines is 1. The molecule has 0 spiro atoms. The zero-order valence-corrected chi connectivity index (χ0v) is 12.5. The first-order chi connectivity index (χ1) is 10.2. The van der Waals surface area contributed by atoms with Gasteiger partial charge in [0, 0.05) is 22.9 Å². The van der Waals surface area contributed by atoms with Crippen LogP contribution in [-0.4, -0.2) is 11.7 Å². The second-order valence-corrected chi connectivity index (χ2v) is 5.04. The van der Waals surface area contributed by atoms with Gasteiger partial charge in [0.2, 0.25) is 0 Å². The van der Waals surface area contributed by atoms with Crippen LogP contribution in [0.1, 0.15) is 25.3 Å². The zero-order valence-electron chi connectivity index (χ0n) is 12.5. The summed E-state index contributed by atoms with van der Waals surface area (Å²) >= 11 is 0. The Kier molecular flexibility index (Phi) is 4.58. The van der Waals surface area contributed by atoms with E-state index in [1.54, 1.807) is 25.3 Å². The van der Waals surface area contributed by atoms with E-state index in [9.17, 15) is 10.0 Å². The minimum absolute atomic E-state index is 0.173. The molecule has 0 amide bonds. The topological polar surface area (TPSA) is 52.9 Å². The van der Waals surface area contributed by atoms with Gasteiger partial charge in [-0.1, -0.05) is 44.2 Å². The number of phenolic OH excluding ortho intramolecular Hbond substituents is 1. The van der Waals surface area contributed by atoms with Gasteiger partial charge in [0.15, 0.2) is 0 Å². The number of hydrogen-bond donors (Lipinski definition) is 1. The smallest absolute Gasteiger partial charge is 0.147 e. The van der Waals surface area contributed by atoms with Crippen LogP contribution >= 0.6 is 0 Å². The molecule has 0 aliphatic rings. The molecule has 0 unspecified atom stereocenters. The predicted octanol–water partition coefficient (Wildman–Crippen LogP) is 5.00. The first-order valence-electron chi connectivity index (χ1n) is 7.12. The molecule has 0 radical (unpaired) electrons. The summed E-state index contributed by atoms with van der Waals surface area (Å²) in [5.74, 6) is 0.173. The largest absolute Gasteiger partial charge is 0.505 e. The summed E-state index contributed by atoms with van der Waals surface area (Å²) in [6, 6.07) is 7.26. The van der Waals surface area contributed by atoms with Crippen LogP contribution in [0.25, 0.3) is 10.8 Å². The molecule has 21 heavy (non-hydrogen) atoms. The molecular formula is C17H20N2O2. The fraction of sp³-hybridized carbons (Fsp3) is 0.294. The quantitative estimate of drug-likeness (QED) is 0.759. The average molecular weight is 284 g/mol. The number of nitroso groups, excluding NO2 is 1. The third kappa shape index (κ3) is 2.61. The van der Waals surface area contributed by atoms with Crippen LogP contribution in [0.2, 0.25) is 0 Å². The lowest BCUT2D eigenvalue weighted by molar-refractivity contribution is 0.481. The van der Waals surface area contributed by atoms with Crippen LogP contribution in [0.3, 0.4) is 0 Å². The highest BCUT2D eigenvalue weighted by Gasteiger charge is 2.20. The van der Waals surface area contributed by atoms with Crippen LogP contribution in [0.5, 0.6) is 5.75 Å². The van der Waals surface area contributed by atoms with Gasteiger partial charge in [0.25, 0.3) is 0 Å². The van der Waals surface area contributed by atoms with E-state index in [1.807, 2.05) is 17.0 Å². The van der Waals surface area contributed by atoms with E-state index < -0.39 is 0 Å². The van der Waals surface area contributed by atoms with Gasteiger partial charge in [0.1, 0.15) is 11.4 Å². The monoisotopic (exact) mass is 284 g/mol. The molecule has 0 atom stereocenters. The van der Waals surface area contributed by atoms with E-state index in [1.165, 1.54) is 0 Å². The summed E-state index contributed by atoms with van der Waals surface area (Å²) in [5.41, 5.74) is 1.67. The molecule has 1 N–H and O–H groups in total. The van der Waals surface area contributed by atoms with E-state index in [0.717, 1.165) is 19.4 Å². The summed E-state index contributed by atoms with van der Waals surface area (Å²) in [6.45, 7) is 8.47. The molecule has 0 heterocycles. The van der Waals surface area contributed by atoms with Crippen molar-refractivity contribution >= 4 is 22.1 Å². The summed E-state index contributed by atoms with van der Waals surface area (Å²) < 4.78 is 0. The van der Waals surface area contributed by atoms with E-state index in [0.29, 0.717) is 27.7 Å². The molecule has 0 saturated carbocycles. The van der Waals surface area contributed by atoms with Crippen molar-refractivity contribution in [2.45, 2.75) is 26.7 Å². The Morgan fingerprint density at radius 3 is 2.57 bits per heavy atom. The molecule has 2 aromatic carbocycles. The Morgan fingerprint density at radius 2 is 2.00 bits per heavy atom. The molecule has 0 aliphatic heterocycles. The summed E-state index contributed by atoms with van der Waals surface area (Å²) in [6.07, 6.45) is 3.69. The third-order valence-electron chi connectivity index (χ3n) is 3.72. The van der Waals surface area contributed by atoms with Crippen molar-refractivity contribution in [3.63, 3.8) is 0 Å². The van der Waals surface area contributed by atoms with E-state index >= 15 is 0 Å². The fourth-order valence-electron chi connectivity index (χ4n) is 2.61. The molecule has 0 saturated heterocycles. The van der Waals surface area contributed by atoms with E-state index in [2.05, 4.69) is 18.7 Å². The number of unbranched alkanes of at least 4 members (excludes halogenated alkanes) is 1.